The summed E-state index contributed by atoms with van der Waals surface area (Å²) in [5, 5.41) is 7.47. The van der Waals surface area contributed by atoms with Gasteiger partial charge in [-0.15, -0.1) is 0 Å². The Balaban J connectivity index is -0.000000605. The molecule has 0 aromatic rings. The van der Waals surface area contributed by atoms with Gasteiger partial charge in [-0.05, 0) is 6.42 Å². The molecule has 0 amide bonds. The summed E-state index contributed by atoms with van der Waals surface area (Å²) in [5.74, 6) is 0. The van der Waals surface area contributed by atoms with E-state index in [1.807, 2.05) is 6.92 Å². The van der Waals surface area contributed by atoms with Gasteiger partial charge in [0.15, 0.2) is 0 Å². The summed E-state index contributed by atoms with van der Waals surface area (Å²) in [4.78, 5) is 0. The van der Waals surface area contributed by atoms with Gasteiger partial charge >= 0.3 is 80.9 Å². The van der Waals surface area contributed by atoms with Crippen LogP contribution >= 0.6 is 0 Å². The second kappa shape index (κ2) is 12.0. The predicted octanol–water partition coefficient (Wildman–Crippen LogP) is -3.17. The monoisotopic (exact) mass is 258 g/mol. The fraction of sp³-hybridized carbons (Fsp3) is 1.00. The molecule has 0 saturated heterocycles. The zero-order valence-corrected chi connectivity index (χ0v) is 12.1. The molecular weight excluding hydrogens is 242 g/mol. The molecule has 0 fully saturated rings. The van der Waals surface area contributed by atoms with E-state index in [1.165, 1.54) is 0 Å². The van der Waals surface area contributed by atoms with E-state index in [4.69, 9.17) is 5.11 Å². The number of hydrogen-bond donors (Lipinski definition) is 1. The van der Waals surface area contributed by atoms with Crippen molar-refractivity contribution in [3.05, 3.63) is 0 Å². The van der Waals surface area contributed by atoms with E-state index in [1.54, 1.807) is 0 Å². The Bertz CT molecular complexity index is 208. The predicted molar refractivity (Wildman–Crippen MR) is 51.9 cm³/mol. The van der Waals surface area contributed by atoms with Gasteiger partial charge in [-0.1, -0.05) is 26.2 Å². The Morgan fingerprint density at radius 1 is 1.36 bits per heavy atom. The van der Waals surface area contributed by atoms with E-state index in [0.29, 0.717) is 6.42 Å². The Labute approximate surface area is 151 Å². The van der Waals surface area contributed by atoms with Crippen LogP contribution in [0.4, 0.5) is 0 Å². The summed E-state index contributed by atoms with van der Waals surface area (Å²) in [6, 6.07) is 0. The van der Waals surface area contributed by atoms with Gasteiger partial charge in [-0.25, -0.2) is 8.42 Å². The number of unbranched alkanes of at least 4 members (excludes halogenated alkanes) is 2. The first-order valence-corrected chi connectivity index (χ1v) is 5.55. The Kier molecular flexibility index (Phi) is 18.6. The molecular formula is C7H16KNaO4S. The molecule has 1 unspecified atom stereocenters. The van der Waals surface area contributed by atoms with Crippen molar-refractivity contribution in [1.29, 1.82) is 0 Å². The van der Waals surface area contributed by atoms with E-state index in [0.717, 1.165) is 12.8 Å². The number of aliphatic hydroxyl groups is 1. The third-order valence-electron chi connectivity index (χ3n) is 1.74. The van der Waals surface area contributed by atoms with Crippen molar-refractivity contribution in [3.8, 4) is 0 Å². The van der Waals surface area contributed by atoms with Crippen molar-refractivity contribution in [3.63, 3.8) is 0 Å². The van der Waals surface area contributed by atoms with Crippen molar-refractivity contribution in [2.24, 2.45) is 0 Å². The molecule has 0 aliphatic rings. The van der Waals surface area contributed by atoms with Crippen molar-refractivity contribution in [2.75, 3.05) is 6.61 Å². The maximum absolute atomic E-state index is 10.4. The first-order chi connectivity index (χ1) is 5.52. The fourth-order valence-corrected chi connectivity index (χ4v) is 1.59. The van der Waals surface area contributed by atoms with Crippen molar-refractivity contribution < 1.29 is 69.5 Å². The molecule has 0 aliphatic carbocycles. The minimum absolute atomic E-state index is 0. The molecule has 0 rings (SSSR count). The molecule has 14 heavy (non-hydrogen) atoms. The third kappa shape index (κ3) is 11.0. The van der Waals surface area contributed by atoms with Crippen LogP contribution in [0.3, 0.4) is 0 Å². The Morgan fingerprint density at radius 2 is 1.86 bits per heavy atom. The zero-order chi connectivity index (χ0) is 9.61. The van der Waals surface area contributed by atoms with Gasteiger partial charge in [0, 0.05) is 0 Å². The molecule has 76 valence electrons. The van der Waals surface area contributed by atoms with Gasteiger partial charge in [0.05, 0.1) is 22.0 Å². The molecule has 0 aromatic carbocycles. The molecule has 0 aromatic heterocycles. The van der Waals surface area contributed by atoms with E-state index < -0.39 is 22.0 Å². The molecule has 7 heteroatoms. The molecule has 0 aliphatic heterocycles. The summed E-state index contributed by atoms with van der Waals surface area (Å²) in [6.07, 6.45) is 2.82. The molecule has 1 N–H and O–H groups in total. The van der Waals surface area contributed by atoms with Crippen LogP contribution in [-0.2, 0) is 10.1 Å². The van der Waals surface area contributed by atoms with E-state index >= 15 is 0 Å². The van der Waals surface area contributed by atoms with Gasteiger partial charge in [-0.2, -0.15) is 0 Å². The second-order valence-corrected chi connectivity index (χ2v) is 4.45. The average molecular weight is 258 g/mol. The first-order valence-electron chi connectivity index (χ1n) is 4.08. The normalized spacial score (nSPS) is 12.5. The first kappa shape index (κ1) is 21.8. The van der Waals surface area contributed by atoms with Crippen LogP contribution in [0.25, 0.3) is 0 Å². The number of rotatable bonds is 6. The van der Waals surface area contributed by atoms with Gasteiger partial charge in [0.25, 0.3) is 0 Å². The zero-order valence-electron chi connectivity index (χ0n) is 8.19. The average Bonchev–Trinajstić information content (AvgIpc) is 1.95. The van der Waals surface area contributed by atoms with Crippen LogP contribution in [-0.4, -0.2) is 59.5 Å². The van der Waals surface area contributed by atoms with Crippen LogP contribution in [0.15, 0.2) is 0 Å². The number of aliphatic hydroxyl groups excluding tert-OH is 1. The number of hydrogen-bond acceptors (Lipinski definition) is 4. The summed E-state index contributed by atoms with van der Waals surface area (Å²) in [5.41, 5.74) is 0. The fourth-order valence-electron chi connectivity index (χ4n) is 0.949. The second-order valence-electron chi connectivity index (χ2n) is 2.79. The maximum atomic E-state index is 10.4. The SMILES string of the molecule is CCCCCC(CO)S(=O)(=O)[O-].[K+].[NaH]. The van der Waals surface area contributed by atoms with E-state index in [2.05, 4.69) is 0 Å². The van der Waals surface area contributed by atoms with Gasteiger partial charge in [-0.3, -0.25) is 0 Å². The molecule has 0 heterocycles. The third-order valence-corrected chi connectivity index (χ3v) is 2.94. The van der Waals surface area contributed by atoms with Crippen LogP contribution in [0.1, 0.15) is 32.6 Å². The molecule has 4 nitrogen and oxygen atoms in total. The summed E-state index contributed by atoms with van der Waals surface area (Å²) >= 11 is 0. The van der Waals surface area contributed by atoms with Crippen molar-refractivity contribution in [2.45, 2.75) is 37.9 Å². The summed E-state index contributed by atoms with van der Waals surface area (Å²) in [7, 11) is -4.30. The van der Waals surface area contributed by atoms with E-state index in [-0.39, 0.29) is 87.4 Å². The van der Waals surface area contributed by atoms with Gasteiger partial charge in [0.1, 0.15) is 0 Å². The Morgan fingerprint density at radius 3 is 2.14 bits per heavy atom. The topological polar surface area (TPSA) is 77.4 Å². The Hall–Kier alpha value is 2.51. The molecule has 0 saturated carbocycles. The van der Waals surface area contributed by atoms with Crippen LogP contribution in [0, 0.1) is 0 Å². The van der Waals surface area contributed by atoms with E-state index in [9.17, 15) is 13.0 Å². The summed E-state index contributed by atoms with van der Waals surface area (Å²) in [6.45, 7) is 1.43. The molecule has 1 atom stereocenters. The minimum atomic E-state index is -4.30. The quantitative estimate of drug-likeness (QED) is 0.310. The van der Waals surface area contributed by atoms with Gasteiger partial charge in [0.2, 0.25) is 0 Å². The standard InChI is InChI=1S/C7H16O4S.K.Na.H/c1-2-3-4-5-7(6-8)12(9,10)11;;;/h7-8H,2-6H2,1H3,(H,9,10,11);;;/q;+1;;/p-1. The van der Waals surface area contributed by atoms with Crippen LogP contribution < -0.4 is 51.4 Å². The van der Waals surface area contributed by atoms with Crippen LogP contribution in [0.5, 0.6) is 0 Å². The molecule has 0 radical (unpaired) electrons. The van der Waals surface area contributed by atoms with Crippen LogP contribution in [0.2, 0.25) is 0 Å². The van der Waals surface area contributed by atoms with Crippen molar-refractivity contribution in [1.82, 2.24) is 0 Å². The molecule has 0 bridgehead atoms. The van der Waals surface area contributed by atoms with Crippen molar-refractivity contribution >= 4 is 39.7 Å². The molecule has 0 spiro atoms. The van der Waals surface area contributed by atoms with Gasteiger partial charge < -0.3 is 9.66 Å². The summed E-state index contributed by atoms with van der Waals surface area (Å²) < 4.78 is 31.3.